The first kappa shape index (κ1) is 14.6. The Hall–Kier alpha value is -1.76. The summed E-state index contributed by atoms with van der Waals surface area (Å²) in [5, 5.41) is 16.6. The second-order valence-electron chi connectivity index (χ2n) is 4.61. The highest BCUT2D eigenvalue weighted by atomic mass is 32.1. The lowest BCUT2D eigenvalue weighted by molar-refractivity contribution is -0.119. The van der Waals surface area contributed by atoms with Gasteiger partial charge in [0, 0.05) is 18.3 Å². The molecule has 0 saturated carbocycles. The molecule has 2 aromatic heterocycles. The van der Waals surface area contributed by atoms with Crippen LogP contribution in [0.1, 0.15) is 50.6 Å². The highest BCUT2D eigenvalue weighted by molar-refractivity contribution is 7.15. The van der Waals surface area contributed by atoms with Gasteiger partial charge in [0.2, 0.25) is 5.13 Å². The monoisotopic (exact) mass is 293 g/mol. The molecule has 1 atom stereocenters. The van der Waals surface area contributed by atoms with E-state index in [1.165, 1.54) is 11.3 Å². The van der Waals surface area contributed by atoms with Crippen molar-refractivity contribution in [3.8, 4) is 0 Å². The summed E-state index contributed by atoms with van der Waals surface area (Å²) in [7, 11) is 0. The first-order valence-corrected chi connectivity index (χ1v) is 7.60. The average molecular weight is 293 g/mol. The van der Waals surface area contributed by atoms with Crippen LogP contribution in [0.25, 0.3) is 0 Å². The number of nitrogens with zero attached hydrogens (tertiary/aromatic N) is 4. The first-order valence-electron chi connectivity index (χ1n) is 6.79. The molecule has 0 bridgehead atoms. The normalized spacial score (nSPS) is 12.6. The minimum atomic E-state index is -0.370. The third kappa shape index (κ3) is 3.22. The number of nitrogens with one attached hydrogen (secondary N) is 1. The van der Waals surface area contributed by atoms with Gasteiger partial charge in [-0.1, -0.05) is 25.2 Å². The fourth-order valence-corrected chi connectivity index (χ4v) is 2.94. The van der Waals surface area contributed by atoms with Crippen LogP contribution in [0.5, 0.6) is 0 Å². The Balaban J connectivity index is 2.01. The molecule has 1 unspecified atom stereocenters. The molecule has 6 nitrogen and oxygen atoms in total. The average Bonchev–Trinajstić information content (AvgIpc) is 3.11. The summed E-state index contributed by atoms with van der Waals surface area (Å²) in [4.78, 5) is 12.1. The van der Waals surface area contributed by atoms with E-state index in [0.717, 1.165) is 17.8 Å². The molecular weight excluding hydrogens is 274 g/mol. The standard InChI is InChI=1S/C13H19N5OS/c1-4-10(5-2)12-16-17-13(20-12)15-11(19)9(3)18-8-6-7-14-18/h6-10H,4-5H2,1-3H3,(H,15,17,19). The van der Waals surface area contributed by atoms with Crippen LogP contribution in [0.4, 0.5) is 5.13 Å². The molecular formula is C13H19N5OS. The molecule has 2 rings (SSSR count). The Morgan fingerprint density at radius 2 is 2.15 bits per heavy atom. The minimum absolute atomic E-state index is 0.138. The quantitative estimate of drug-likeness (QED) is 0.889. The van der Waals surface area contributed by atoms with Gasteiger partial charge in [0.15, 0.2) is 0 Å². The van der Waals surface area contributed by atoms with Crippen molar-refractivity contribution in [1.82, 2.24) is 20.0 Å². The molecule has 0 radical (unpaired) electrons. The predicted molar refractivity (Wildman–Crippen MR) is 78.8 cm³/mol. The Kier molecular flexibility index (Phi) is 4.84. The second-order valence-corrected chi connectivity index (χ2v) is 5.62. The molecule has 0 aromatic carbocycles. The molecule has 1 amide bonds. The van der Waals surface area contributed by atoms with Gasteiger partial charge in [-0.2, -0.15) is 5.10 Å². The van der Waals surface area contributed by atoms with Crippen LogP contribution in [-0.4, -0.2) is 25.9 Å². The van der Waals surface area contributed by atoms with Gasteiger partial charge in [-0.15, -0.1) is 10.2 Å². The number of amides is 1. The van der Waals surface area contributed by atoms with Crippen LogP contribution < -0.4 is 5.32 Å². The summed E-state index contributed by atoms with van der Waals surface area (Å²) in [6.07, 6.45) is 5.48. The Bertz CT molecular complexity index is 547. The summed E-state index contributed by atoms with van der Waals surface area (Å²) >= 11 is 1.45. The number of hydrogen-bond acceptors (Lipinski definition) is 5. The van der Waals surface area contributed by atoms with Crippen molar-refractivity contribution in [2.45, 2.75) is 45.6 Å². The lowest BCUT2D eigenvalue weighted by Gasteiger charge is -2.10. The summed E-state index contributed by atoms with van der Waals surface area (Å²) in [5.74, 6) is 0.280. The Morgan fingerprint density at radius 1 is 1.40 bits per heavy atom. The largest absolute Gasteiger partial charge is 0.299 e. The van der Waals surface area contributed by atoms with Gasteiger partial charge in [0.25, 0.3) is 5.91 Å². The Morgan fingerprint density at radius 3 is 2.75 bits per heavy atom. The van der Waals surface area contributed by atoms with E-state index in [0.29, 0.717) is 11.0 Å². The second kappa shape index (κ2) is 6.60. The SMILES string of the molecule is CCC(CC)c1nnc(NC(=O)C(C)n2cccn2)s1. The topological polar surface area (TPSA) is 72.7 Å². The molecule has 0 spiro atoms. The fraction of sp³-hybridized carbons (Fsp3) is 0.538. The maximum Gasteiger partial charge on any atom is 0.250 e. The van der Waals surface area contributed by atoms with Crippen LogP contribution in [0.2, 0.25) is 0 Å². The summed E-state index contributed by atoms with van der Waals surface area (Å²) in [6, 6.07) is 1.42. The highest BCUT2D eigenvalue weighted by Crippen LogP contribution is 2.28. The molecule has 2 heterocycles. The van der Waals surface area contributed by atoms with Gasteiger partial charge in [-0.3, -0.25) is 14.8 Å². The van der Waals surface area contributed by atoms with Gasteiger partial charge in [-0.05, 0) is 25.8 Å². The zero-order valence-corrected chi connectivity index (χ0v) is 12.7. The van der Waals surface area contributed by atoms with Gasteiger partial charge in [0.1, 0.15) is 11.0 Å². The molecule has 0 aliphatic heterocycles. The van der Waals surface area contributed by atoms with Crippen LogP contribution >= 0.6 is 11.3 Å². The molecule has 0 aliphatic carbocycles. The molecule has 0 aliphatic rings. The van der Waals surface area contributed by atoms with Crippen LogP contribution in [0.15, 0.2) is 18.5 Å². The van der Waals surface area contributed by atoms with Crippen molar-refractivity contribution in [2.24, 2.45) is 0 Å². The van der Waals surface area contributed by atoms with E-state index in [4.69, 9.17) is 0 Å². The van der Waals surface area contributed by atoms with Crippen molar-refractivity contribution in [2.75, 3.05) is 5.32 Å². The van der Waals surface area contributed by atoms with Crippen molar-refractivity contribution >= 4 is 22.4 Å². The third-order valence-electron chi connectivity index (χ3n) is 3.31. The molecule has 2 aromatic rings. The van der Waals surface area contributed by atoms with Crippen LogP contribution in [0.3, 0.4) is 0 Å². The van der Waals surface area contributed by atoms with E-state index < -0.39 is 0 Å². The number of anilines is 1. The molecule has 0 saturated heterocycles. The van der Waals surface area contributed by atoms with E-state index >= 15 is 0 Å². The number of hydrogen-bond donors (Lipinski definition) is 1. The lowest BCUT2D eigenvalue weighted by Crippen LogP contribution is -2.23. The number of rotatable bonds is 6. The van der Waals surface area contributed by atoms with E-state index in [-0.39, 0.29) is 11.9 Å². The van der Waals surface area contributed by atoms with Crippen LogP contribution in [-0.2, 0) is 4.79 Å². The number of carbonyl (C=O) groups excluding carboxylic acids is 1. The highest BCUT2D eigenvalue weighted by Gasteiger charge is 2.18. The maximum absolute atomic E-state index is 12.1. The number of carbonyl (C=O) groups is 1. The van der Waals surface area contributed by atoms with E-state index in [2.05, 4.69) is 34.5 Å². The van der Waals surface area contributed by atoms with E-state index in [1.807, 2.05) is 0 Å². The Labute approximate surface area is 122 Å². The zero-order valence-electron chi connectivity index (χ0n) is 11.9. The summed E-state index contributed by atoms with van der Waals surface area (Å²) < 4.78 is 1.61. The lowest BCUT2D eigenvalue weighted by atomic mass is 10.1. The molecule has 20 heavy (non-hydrogen) atoms. The van der Waals surface area contributed by atoms with Gasteiger partial charge in [-0.25, -0.2) is 0 Å². The van der Waals surface area contributed by atoms with Gasteiger partial charge < -0.3 is 0 Å². The maximum atomic E-state index is 12.1. The van der Waals surface area contributed by atoms with Crippen molar-refractivity contribution in [3.63, 3.8) is 0 Å². The zero-order chi connectivity index (χ0) is 14.5. The fourth-order valence-electron chi connectivity index (χ4n) is 1.93. The van der Waals surface area contributed by atoms with Crippen molar-refractivity contribution < 1.29 is 4.79 Å². The van der Waals surface area contributed by atoms with Gasteiger partial charge >= 0.3 is 0 Å². The molecule has 0 fully saturated rings. The smallest absolute Gasteiger partial charge is 0.250 e. The van der Waals surface area contributed by atoms with E-state index in [9.17, 15) is 4.79 Å². The van der Waals surface area contributed by atoms with Crippen molar-refractivity contribution in [3.05, 3.63) is 23.5 Å². The predicted octanol–water partition coefficient (Wildman–Crippen LogP) is 2.84. The van der Waals surface area contributed by atoms with Crippen molar-refractivity contribution in [1.29, 1.82) is 0 Å². The molecule has 108 valence electrons. The van der Waals surface area contributed by atoms with Gasteiger partial charge in [0.05, 0.1) is 0 Å². The molecule has 1 N–H and O–H groups in total. The summed E-state index contributed by atoms with van der Waals surface area (Å²) in [6.45, 7) is 6.06. The minimum Gasteiger partial charge on any atom is -0.299 e. The van der Waals surface area contributed by atoms with Crippen LogP contribution in [0, 0.1) is 0 Å². The molecule has 7 heteroatoms. The summed E-state index contributed by atoms with van der Waals surface area (Å²) in [5.41, 5.74) is 0. The first-order chi connectivity index (χ1) is 9.65. The third-order valence-corrected chi connectivity index (χ3v) is 4.31. The van der Waals surface area contributed by atoms with E-state index in [1.54, 1.807) is 30.1 Å². The number of aromatic nitrogens is 4.